The predicted octanol–water partition coefficient (Wildman–Crippen LogP) is 2.13. The Labute approximate surface area is 200 Å². The van der Waals surface area contributed by atoms with E-state index in [4.69, 9.17) is 0 Å². The monoisotopic (exact) mass is 497 g/mol. The van der Waals surface area contributed by atoms with Crippen molar-refractivity contribution in [2.24, 2.45) is 0 Å². The SMILES string of the molecule is Cc1ccc(-n2c(=O)c3ccccc3n3c(SCC(=O)NC4(C)CCS(=O)(=O)C4)nnc23)cc1. The summed E-state index contributed by atoms with van der Waals surface area (Å²) in [6, 6.07) is 14.8. The van der Waals surface area contributed by atoms with Gasteiger partial charge in [-0.15, -0.1) is 10.2 Å². The topological polar surface area (TPSA) is 115 Å². The van der Waals surface area contributed by atoms with Crippen LogP contribution in [0.1, 0.15) is 18.9 Å². The van der Waals surface area contributed by atoms with Crippen LogP contribution < -0.4 is 10.9 Å². The summed E-state index contributed by atoms with van der Waals surface area (Å²) in [5, 5.41) is 12.4. The summed E-state index contributed by atoms with van der Waals surface area (Å²) in [6.45, 7) is 3.72. The van der Waals surface area contributed by atoms with E-state index >= 15 is 0 Å². The molecular formula is C23H23N5O4S2. The molecule has 0 radical (unpaired) electrons. The van der Waals surface area contributed by atoms with Gasteiger partial charge in [-0.05, 0) is 44.5 Å². The molecule has 0 saturated carbocycles. The number of hydrogen-bond donors (Lipinski definition) is 1. The molecule has 4 aromatic rings. The first kappa shape index (κ1) is 22.6. The summed E-state index contributed by atoms with van der Waals surface area (Å²) in [7, 11) is -3.13. The van der Waals surface area contributed by atoms with Crippen molar-refractivity contribution < 1.29 is 13.2 Å². The van der Waals surface area contributed by atoms with Crippen LogP contribution in [0.4, 0.5) is 0 Å². The van der Waals surface area contributed by atoms with Crippen LogP contribution in [-0.4, -0.2) is 56.3 Å². The van der Waals surface area contributed by atoms with E-state index in [0.717, 1.165) is 5.56 Å². The van der Waals surface area contributed by atoms with Gasteiger partial charge >= 0.3 is 0 Å². The molecule has 1 atom stereocenters. The van der Waals surface area contributed by atoms with Crippen LogP contribution in [0.15, 0.2) is 58.5 Å². The molecule has 1 unspecified atom stereocenters. The van der Waals surface area contributed by atoms with Gasteiger partial charge in [0.2, 0.25) is 11.7 Å². The van der Waals surface area contributed by atoms with Gasteiger partial charge in [-0.3, -0.25) is 14.0 Å². The molecule has 1 saturated heterocycles. The number of carbonyl (C=O) groups is 1. The molecule has 11 heteroatoms. The van der Waals surface area contributed by atoms with Gasteiger partial charge in [0.05, 0.1) is 39.4 Å². The minimum absolute atomic E-state index is 0.0361. The van der Waals surface area contributed by atoms with Crippen LogP contribution >= 0.6 is 11.8 Å². The number of hydrogen-bond acceptors (Lipinski definition) is 7. The van der Waals surface area contributed by atoms with E-state index in [1.807, 2.05) is 43.3 Å². The number of sulfone groups is 1. The van der Waals surface area contributed by atoms with E-state index in [0.29, 0.717) is 33.9 Å². The number of fused-ring (bicyclic) bond motifs is 3. The molecule has 1 aliphatic heterocycles. The van der Waals surface area contributed by atoms with Gasteiger partial charge < -0.3 is 5.32 Å². The Bertz CT molecular complexity index is 1590. The maximum absolute atomic E-state index is 13.3. The molecule has 1 fully saturated rings. The Morgan fingerprint density at radius 1 is 1.15 bits per heavy atom. The highest BCUT2D eigenvalue weighted by atomic mass is 32.2. The third-order valence-corrected chi connectivity index (χ3v) is 8.80. The number of rotatable bonds is 5. The summed E-state index contributed by atoms with van der Waals surface area (Å²) >= 11 is 1.19. The molecule has 34 heavy (non-hydrogen) atoms. The minimum atomic E-state index is -3.13. The van der Waals surface area contributed by atoms with E-state index in [1.54, 1.807) is 23.5 Å². The normalized spacial score (nSPS) is 19.6. The third-order valence-electron chi connectivity index (χ3n) is 5.96. The molecule has 1 amide bonds. The van der Waals surface area contributed by atoms with E-state index < -0.39 is 15.4 Å². The van der Waals surface area contributed by atoms with Gasteiger partial charge in [0.1, 0.15) is 0 Å². The van der Waals surface area contributed by atoms with Crippen molar-refractivity contribution in [2.45, 2.75) is 31.0 Å². The average molecular weight is 498 g/mol. The molecule has 3 heterocycles. The standard InChI is InChI=1S/C23H23N5O4S2/c1-15-7-9-16(10-8-15)27-20(30)17-5-3-4-6-18(17)28-21(27)25-26-22(28)33-13-19(29)24-23(2)11-12-34(31,32)14-23/h3-10H,11-14H2,1-2H3,(H,24,29). The molecule has 176 valence electrons. The molecule has 1 N–H and O–H groups in total. The van der Waals surface area contributed by atoms with E-state index in [2.05, 4.69) is 15.5 Å². The van der Waals surface area contributed by atoms with Crippen molar-refractivity contribution >= 4 is 44.2 Å². The number of aryl methyl sites for hydroxylation is 1. The number of nitrogens with zero attached hydrogens (tertiary/aromatic N) is 4. The fourth-order valence-electron chi connectivity index (χ4n) is 4.31. The number of carbonyl (C=O) groups excluding carboxylic acids is 1. The number of thioether (sulfide) groups is 1. The van der Waals surface area contributed by atoms with Crippen molar-refractivity contribution in [3.05, 3.63) is 64.4 Å². The van der Waals surface area contributed by atoms with Crippen LogP contribution in [0.5, 0.6) is 0 Å². The van der Waals surface area contributed by atoms with Crippen LogP contribution in [0.3, 0.4) is 0 Å². The molecule has 2 aromatic carbocycles. The van der Waals surface area contributed by atoms with E-state index in [1.165, 1.54) is 16.3 Å². The third kappa shape index (κ3) is 4.09. The zero-order chi connectivity index (χ0) is 24.1. The number of benzene rings is 2. The minimum Gasteiger partial charge on any atom is -0.349 e. The lowest BCUT2D eigenvalue weighted by Crippen LogP contribution is -2.47. The highest BCUT2D eigenvalue weighted by molar-refractivity contribution is 7.99. The summed E-state index contributed by atoms with van der Waals surface area (Å²) in [5.41, 5.74) is 1.42. The molecule has 1 aliphatic rings. The predicted molar refractivity (Wildman–Crippen MR) is 131 cm³/mol. The number of para-hydroxylation sites is 1. The van der Waals surface area contributed by atoms with Crippen molar-refractivity contribution in [3.8, 4) is 5.69 Å². The van der Waals surface area contributed by atoms with Crippen molar-refractivity contribution in [1.29, 1.82) is 0 Å². The molecule has 0 aliphatic carbocycles. The number of amides is 1. The highest BCUT2D eigenvalue weighted by Gasteiger charge is 2.39. The second-order valence-corrected chi connectivity index (χ2v) is 12.0. The summed E-state index contributed by atoms with van der Waals surface area (Å²) < 4.78 is 27.0. The first-order valence-electron chi connectivity index (χ1n) is 10.8. The molecule has 0 bridgehead atoms. The van der Waals surface area contributed by atoms with Crippen molar-refractivity contribution in [2.75, 3.05) is 17.3 Å². The average Bonchev–Trinajstić information content (AvgIpc) is 3.33. The van der Waals surface area contributed by atoms with Crippen LogP contribution in [-0.2, 0) is 14.6 Å². The quantitative estimate of drug-likeness (QED) is 0.420. The van der Waals surface area contributed by atoms with Gasteiger partial charge in [0, 0.05) is 0 Å². The Hall–Kier alpha value is -3.18. The van der Waals surface area contributed by atoms with Crippen molar-refractivity contribution in [1.82, 2.24) is 24.5 Å². The van der Waals surface area contributed by atoms with Gasteiger partial charge in [-0.1, -0.05) is 41.6 Å². The molecular weight excluding hydrogens is 474 g/mol. The van der Waals surface area contributed by atoms with Crippen molar-refractivity contribution in [3.63, 3.8) is 0 Å². The second kappa shape index (κ2) is 8.24. The molecule has 2 aromatic heterocycles. The van der Waals surface area contributed by atoms with Gasteiger partial charge in [-0.25, -0.2) is 13.0 Å². The lowest BCUT2D eigenvalue weighted by atomic mass is 10.0. The van der Waals surface area contributed by atoms with Gasteiger partial charge in [0.25, 0.3) is 5.56 Å². The van der Waals surface area contributed by atoms with Crippen LogP contribution in [0.25, 0.3) is 22.4 Å². The summed E-state index contributed by atoms with van der Waals surface area (Å²) in [5.74, 6) is 0.127. The van der Waals surface area contributed by atoms with E-state index in [9.17, 15) is 18.0 Å². The first-order valence-corrected chi connectivity index (χ1v) is 13.6. The second-order valence-electron chi connectivity index (χ2n) is 8.85. The smallest absolute Gasteiger partial charge is 0.267 e. The van der Waals surface area contributed by atoms with Gasteiger partial charge in [-0.2, -0.15) is 0 Å². The Morgan fingerprint density at radius 3 is 2.59 bits per heavy atom. The lowest BCUT2D eigenvalue weighted by molar-refractivity contribution is -0.120. The maximum atomic E-state index is 13.3. The summed E-state index contributed by atoms with van der Waals surface area (Å²) in [4.78, 5) is 26.0. The van der Waals surface area contributed by atoms with Gasteiger partial charge in [0.15, 0.2) is 15.0 Å². The highest BCUT2D eigenvalue weighted by Crippen LogP contribution is 2.25. The Balaban J connectivity index is 1.51. The molecule has 9 nitrogen and oxygen atoms in total. The summed E-state index contributed by atoms with van der Waals surface area (Å²) in [6.07, 6.45) is 0.396. The Morgan fingerprint density at radius 2 is 1.88 bits per heavy atom. The van der Waals surface area contributed by atoms with Crippen LogP contribution in [0, 0.1) is 6.92 Å². The maximum Gasteiger partial charge on any atom is 0.267 e. The van der Waals surface area contributed by atoms with E-state index in [-0.39, 0.29) is 28.7 Å². The largest absolute Gasteiger partial charge is 0.349 e. The zero-order valence-electron chi connectivity index (χ0n) is 18.7. The fraction of sp³-hybridized carbons (Fsp3) is 0.304. The first-order chi connectivity index (χ1) is 16.2. The van der Waals surface area contributed by atoms with Crippen LogP contribution in [0.2, 0.25) is 0 Å². The zero-order valence-corrected chi connectivity index (χ0v) is 20.3. The molecule has 0 spiro atoms. The lowest BCUT2D eigenvalue weighted by Gasteiger charge is -2.23. The fourth-order valence-corrected chi connectivity index (χ4v) is 7.14. The number of aromatic nitrogens is 4. The Kier molecular flexibility index (Phi) is 5.48. The number of nitrogens with one attached hydrogen (secondary N) is 1. The molecule has 5 rings (SSSR count).